The third-order valence-electron chi connectivity index (χ3n) is 10.6. The first-order valence-corrected chi connectivity index (χ1v) is 26.2. The van der Waals surface area contributed by atoms with Crippen molar-refractivity contribution in [3.8, 4) is 0 Å². The van der Waals surface area contributed by atoms with Gasteiger partial charge in [0.2, 0.25) is 0 Å². The molecule has 0 heterocycles. The van der Waals surface area contributed by atoms with Crippen molar-refractivity contribution in [1.29, 1.82) is 0 Å². The van der Waals surface area contributed by atoms with Crippen molar-refractivity contribution in [3.05, 3.63) is 48.6 Å². The number of esters is 1. The molecule has 0 aromatic carbocycles. The van der Waals surface area contributed by atoms with Gasteiger partial charge < -0.3 is 25.2 Å². The van der Waals surface area contributed by atoms with Gasteiger partial charge in [0.05, 0.1) is 19.8 Å². The molecule has 0 aromatic heterocycles. The number of carbonyl (C=O) groups excluding carboxylic acids is 1. The third kappa shape index (κ3) is 45.8. The average Bonchev–Trinajstić information content (AvgIpc) is 3.24. The highest BCUT2D eigenvalue weighted by molar-refractivity contribution is 7.47. The first kappa shape index (κ1) is 58.9. The van der Waals surface area contributed by atoms with Gasteiger partial charge in [0.25, 0.3) is 0 Å². The Kier molecular flexibility index (Phi) is 44.4. The second-order valence-electron chi connectivity index (χ2n) is 16.6. The summed E-state index contributed by atoms with van der Waals surface area (Å²) in [5.74, 6) is -1.79. The van der Waals surface area contributed by atoms with Crippen LogP contribution in [-0.4, -0.2) is 60.5 Å². The van der Waals surface area contributed by atoms with Crippen molar-refractivity contribution < 1.29 is 42.7 Å². The third-order valence-corrected chi connectivity index (χ3v) is 11.6. The summed E-state index contributed by atoms with van der Waals surface area (Å²) in [6.07, 6.45) is 54.5. The number of allylic oxidation sites excluding steroid dienone is 8. The van der Waals surface area contributed by atoms with Gasteiger partial charge in [0.15, 0.2) is 0 Å². The van der Waals surface area contributed by atoms with Gasteiger partial charge in [0, 0.05) is 13.0 Å². The molecule has 356 valence electrons. The molecule has 3 unspecified atom stereocenters. The van der Waals surface area contributed by atoms with E-state index in [9.17, 15) is 19.0 Å². The predicted molar refractivity (Wildman–Crippen MR) is 254 cm³/mol. The Morgan fingerprint density at radius 2 is 0.951 bits per heavy atom. The zero-order chi connectivity index (χ0) is 44.8. The van der Waals surface area contributed by atoms with Gasteiger partial charge in [-0.05, 0) is 51.4 Å². The van der Waals surface area contributed by atoms with Gasteiger partial charge in [-0.15, -0.1) is 0 Å². The molecule has 3 atom stereocenters. The largest absolute Gasteiger partial charge is 0.480 e. The highest BCUT2D eigenvalue weighted by Crippen LogP contribution is 2.43. The van der Waals surface area contributed by atoms with Gasteiger partial charge in [-0.3, -0.25) is 18.6 Å². The Hall–Kier alpha value is -2.07. The first-order valence-electron chi connectivity index (χ1n) is 24.7. The van der Waals surface area contributed by atoms with Crippen molar-refractivity contribution >= 4 is 19.8 Å². The predicted octanol–water partition coefficient (Wildman–Crippen LogP) is 14.2. The molecule has 0 aliphatic rings. The molecule has 4 N–H and O–H groups in total. The number of carboxylic acid groups (broad SMARTS) is 1. The fraction of sp³-hybridized carbons (Fsp3) is 0.800. The summed E-state index contributed by atoms with van der Waals surface area (Å²) in [7, 11) is -4.62. The zero-order valence-corrected chi connectivity index (χ0v) is 39.9. The molecule has 0 fully saturated rings. The number of hydrogen-bond acceptors (Lipinski definition) is 8. The van der Waals surface area contributed by atoms with Gasteiger partial charge in [-0.2, -0.15) is 0 Å². The number of carboxylic acids is 1. The van der Waals surface area contributed by atoms with E-state index >= 15 is 0 Å². The number of phosphoric ester groups is 1. The van der Waals surface area contributed by atoms with Crippen molar-refractivity contribution in [3.63, 3.8) is 0 Å². The van der Waals surface area contributed by atoms with Crippen LogP contribution in [0.25, 0.3) is 0 Å². The lowest BCUT2D eigenvalue weighted by Gasteiger charge is -2.20. The summed E-state index contributed by atoms with van der Waals surface area (Å²) >= 11 is 0. The molecule has 61 heavy (non-hydrogen) atoms. The van der Waals surface area contributed by atoms with Crippen LogP contribution in [0.2, 0.25) is 0 Å². The lowest BCUT2D eigenvalue weighted by atomic mass is 10.0. The fourth-order valence-electron chi connectivity index (χ4n) is 6.83. The maximum atomic E-state index is 12.7. The number of hydrogen-bond donors (Lipinski definition) is 3. The number of nitrogens with two attached hydrogens (primary N) is 1. The minimum absolute atomic E-state index is 0.0127. The monoisotopic (exact) mass is 882 g/mol. The van der Waals surface area contributed by atoms with E-state index in [2.05, 4.69) is 62.5 Å². The smallest absolute Gasteiger partial charge is 0.472 e. The van der Waals surface area contributed by atoms with Crippen LogP contribution in [0.15, 0.2) is 48.6 Å². The molecular weight excluding hydrogens is 790 g/mol. The summed E-state index contributed by atoms with van der Waals surface area (Å²) < 4.78 is 33.5. The Balaban J connectivity index is 4.17. The maximum Gasteiger partial charge on any atom is 0.472 e. The van der Waals surface area contributed by atoms with E-state index in [4.69, 9.17) is 29.4 Å². The molecule has 0 aliphatic heterocycles. The van der Waals surface area contributed by atoms with Crippen LogP contribution < -0.4 is 5.73 Å². The number of rotatable bonds is 47. The number of ether oxygens (including phenoxy) is 2. The molecule has 10 nitrogen and oxygen atoms in total. The normalized spacial score (nSPS) is 14.2. The first-order chi connectivity index (χ1) is 29.7. The average molecular weight is 882 g/mol. The molecule has 0 saturated carbocycles. The summed E-state index contributed by atoms with van der Waals surface area (Å²) in [5.41, 5.74) is 5.37. The highest BCUT2D eigenvalue weighted by atomic mass is 31.2. The lowest BCUT2D eigenvalue weighted by Crippen LogP contribution is -2.34. The Labute approximate surface area is 373 Å². The van der Waals surface area contributed by atoms with Crippen molar-refractivity contribution in [1.82, 2.24) is 0 Å². The van der Waals surface area contributed by atoms with E-state index in [0.29, 0.717) is 13.0 Å². The minimum Gasteiger partial charge on any atom is -0.480 e. The lowest BCUT2D eigenvalue weighted by molar-refractivity contribution is -0.154. The molecule has 0 spiro atoms. The van der Waals surface area contributed by atoms with Crippen LogP contribution in [0.5, 0.6) is 0 Å². The van der Waals surface area contributed by atoms with E-state index in [-0.39, 0.29) is 13.0 Å². The maximum absolute atomic E-state index is 12.7. The molecule has 11 heteroatoms. The number of aliphatic carboxylic acids is 1. The second kappa shape index (κ2) is 45.9. The number of phosphoric acid groups is 1. The van der Waals surface area contributed by atoms with E-state index in [1.807, 2.05) is 0 Å². The molecule has 0 aromatic rings. The Morgan fingerprint density at radius 1 is 0.541 bits per heavy atom. The topological polar surface area (TPSA) is 155 Å². The fourth-order valence-corrected chi connectivity index (χ4v) is 7.61. The SMILES string of the molecule is CC/C=C\C/C=C\C/C=C\C/C=C\CCCCCCCCC(=O)OC(COCCCCCCCCCCCCCCCCCCCCCC)COP(=O)(O)OCC(N)C(=O)O. The Morgan fingerprint density at radius 3 is 1.43 bits per heavy atom. The summed E-state index contributed by atoms with van der Waals surface area (Å²) in [6, 6.07) is -1.48. The van der Waals surface area contributed by atoms with Crippen molar-refractivity contribution in [2.24, 2.45) is 5.73 Å². The molecule has 0 radical (unpaired) electrons. The second-order valence-corrected chi connectivity index (χ2v) is 18.0. The van der Waals surface area contributed by atoms with Gasteiger partial charge in [-0.1, -0.05) is 210 Å². The quantitative estimate of drug-likeness (QED) is 0.0233. The van der Waals surface area contributed by atoms with Gasteiger partial charge >= 0.3 is 19.8 Å². The summed E-state index contributed by atoms with van der Waals surface area (Å²) in [6.45, 7) is 3.78. The van der Waals surface area contributed by atoms with E-state index in [1.54, 1.807) is 0 Å². The molecule has 0 bridgehead atoms. The van der Waals surface area contributed by atoms with Crippen molar-refractivity contribution in [2.45, 2.75) is 231 Å². The molecule has 0 aliphatic carbocycles. The van der Waals surface area contributed by atoms with Gasteiger partial charge in [-0.25, -0.2) is 4.57 Å². The standard InChI is InChI=1S/C50H92NO9P/c1-3-5-7-9-11-13-15-17-19-21-23-25-27-29-31-33-35-37-39-41-43-57-44-47(45-58-61(55,56)59-46-48(51)50(53)54)60-49(52)42-40-38-36-34-32-30-28-26-24-22-20-18-16-14-12-10-8-6-4-2/h6,8,12,14,18,20,24,26,47-48H,3-5,7,9-11,13,15-17,19,21-23,25,27-46,51H2,1-2H3,(H,53,54)(H,55,56)/b8-6-,14-12-,20-18-,26-24-. The summed E-state index contributed by atoms with van der Waals surface area (Å²) in [4.78, 5) is 33.7. The number of unbranched alkanes of at least 4 members (excludes halogenated alkanes) is 25. The van der Waals surface area contributed by atoms with Crippen LogP contribution in [0.4, 0.5) is 0 Å². The van der Waals surface area contributed by atoms with E-state index < -0.39 is 45.1 Å². The van der Waals surface area contributed by atoms with Crippen molar-refractivity contribution in [2.75, 3.05) is 26.4 Å². The summed E-state index contributed by atoms with van der Waals surface area (Å²) in [5, 5.41) is 8.92. The van der Waals surface area contributed by atoms with E-state index in [1.165, 1.54) is 109 Å². The Bertz CT molecular complexity index is 1160. The molecular formula is C50H92NO9P. The highest BCUT2D eigenvalue weighted by Gasteiger charge is 2.27. The number of carbonyl (C=O) groups is 2. The van der Waals surface area contributed by atoms with Crippen LogP contribution in [0.1, 0.15) is 219 Å². The molecule has 0 rings (SSSR count). The van der Waals surface area contributed by atoms with Crippen LogP contribution in [-0.2, 0) is 32.7 Å². The van der Waals surface area contributed by atoms with E-state index in [0.717, 1.165) is 83.5 Å². The van der Waals surface area contributed by atoms with Gasteiger partial charge in [0.1, 0.15) is 12.1 Å². The zero-order valence-electron chi connectivity index (χ0n) is 39.0. The minimum atomic E-state index is -4.62. The molecule has 0 amide bonds. The molecule has 0 saturated heterocycles. The van der Waals surface area contributed by atoms with Crippen LogP contribution >= 0.6 is 7.82 Å². The van der Waals surface area contributed by atoms with Crippen LogP contribution in [0, 0.1) is 0 Å². The van der Waals surface area contributed by atoms with Crippen LogP contribution in [0.3, 0.4) is 0 Å².